The maximum Gasteiger partial charge on any atom is 0.239 e. The second-order valence-electron chi connectivity index (χ2n) is 4.47. The molecule has 0 spiro atoms. The molecule has 0 amide bonds. The molecule has 1 aromatic carbocycles. The molecule has 0 aliphatic carbocycles. The molecule has 0 fully saturated rings. The maximum absolute atomic E-state index is 13.1. The van der Waals surface area contributed by atoms with Crippen LogP contribution in [0.15, 0.2) is 18.2 Å². The molecule has 94 valence electrons. The van der Waals surface area contributed by atoms with Crippen LogP contribution in [0, 0.1) is 5.82 Å². The molecule has 2 N–H and O–H groups in total. The second-order valence-corrected chi connectivity index (χ2v) is 4.88. The van der Waals surface area contributed by atoms with Crippen LogP contribution in [0.4, 0.5) is 10.3 Å². The van der Waals surface area contributed by atoms with E-state index in [2.05, 4.69) is 10.1 Å². The minimum absolute atomic E-state index is 0.166. The molecule has 2 heterocycles. The highest BCUT2D eigenvalue weighted by molar-refractivity contribution is 6.30. The van der Waals surface area contributed by atoms with Gasteiger partial charge in [-0.15, -0.1) is 5.10 Å². The van der Waals surface area contributed by atoms with Gasteiger partial charge in [0.15, 0.2) is 0 Å². The fraction of sp³-hybridized carbons (Fsp3) is 0.333. The van der Waals surface area contributed by atoms with Crippen molar-refractivity contribution in [2.24, 2.45) is 0 Å². The third kappa shape index (κ3) is 1.95. The number of rotatable bonds is 1. The van der Waals surface area contributed by atoms with Gasteiger partial charge < -0.3 is 5.73 Å². The normalized spacial score (nSPS) is 18.7. The zero-order valence-corrected chi connectivity index (χ0v) is 10.4. The van der Waals surface area contributed by atoms with Gasteiger partial charge in [0, 0.05) is 13.0 Å². The predicted molar refractivity (Wildman–Crippen MR) is 66.9 cm³/mol. The Morgan fingerprint density at radius 1 is 1.44 bits per heavy atom. The van der Waals surface area contributed by atoms with E-state index in [0.29, 0.717) is 11.9 Å². The number of nitrogens with zero attached hydrogens (tertiary/aromatic N) is 3. The van der Waals surface area contributed by atoms with Gasteiger partial charge in [0.1, 0.15) is 11.6 Å². The van der Waals surface area contributed by atoms with Gasteiger partial charge in [0.05, 0.1) is 5.02 Å². The number of aryl methyl sites for hydroxylation is 1. The molecule has 1 aromatic heterocycles. The van der Waals surface area contributed by atoms with Crippen LogP contribution in [0.25, 0.3) is 0 Å². The first-order valence-electron chi connectivity index (χ1n) is 5.77. The summed E-state index contributed by atoms with van der Waals surface area (Å²) in [5.41, 5.74) is 6.61. The van der Waals surface area contributed by atoms with E-state index in [1.54, 1.807) is 12.1 Å². The smallest absolute Gasteiger partial charge is 0.239 e. The van der Waals surface area contributed by atoms with Gasteiger partial charge in [0.25, 0.3) is 0 Å². The molecule has 18 heavy (non-hydrogen) atoms. The predicted octanol–water partition coefficient (Wildman–Crippen LogP) is 2.38. The third-order valence-corrected chi connectivity index (χ3v) is 3.59. The summed E-state index contributed by atoms with van der Waals surface area (Å²) in [7, 11) is 0. The van der Waals surface area contributed by atoms with Crippen LogP contribution in [-0.4, -0.2) is 14.8 Å². The fourth-order valence-corrected chi connectivity index (χ4v) is 2.56. The molecular formula is C12H12ClFN4. The Morgan fingerprint density at radius 2 is 2.28 bits per heavy atom. The van der Waals surface area contributed by atoms with E-state index >= 15 is 0 Å². The lowest BCUT2D eigenvalue weighted by Gasteiger charge is -2.22. The molecule has 0 bridgehead atoms. The van der Waals surface area contributed by atoms with Gasteiger partial charge in [-0.2, -0.15) is 4.98 Å². The van der Waals surface area contributed by atoms with E-state index in [0.717, 1.165) is 30.8 Å². The number of halogens is 2. The van der Waals surface area contributed by atoms with Crippen molar-refractivity contribution in [3.63, 3.8) is 0 Å². The first-order valence-corrected chi connectivity index (χ1v) is 6.15. The lowest BCUT2D eigenvalue weighted by molar-refractivity contribution is 0.434. The zero-order valence-electron chi connectivity index (χ0n) is 9.61. The van der Waals surface area contributed by atoms with Crippen molar-refractivity contribution < 1.29 is 4.39 Å². The van der Waals surface area contributed by atoms with Crippen molar-refractivity contribution in [3.8, 4) is 0 Å². The Kier molecular flexibility index (Phi) is 2.70. The van der Waals surface area contributed by atoms with Gasteiger partial charge >= 0.3 is 0 Å². The summed E-state index contributed by atoms with van der Waals surface area (Å²) in [4.78, 5) is 4.19. The molecular weight excluding hydrogens is 255 g/mol. The molecule has 1 atom stereocenters. The van der Waals surface area contributed by atoms with Crippen molar-refractivity contribution >= 4 is 17.5 Å². The number of nitrogen functional groups attached to an aromatic ring is 1. The lowest BCUT2D eigenvalue weighted by Crippen LogP contribution is -2.19. The zero-order chi connectivity index (χ0) is 12.7. The van der Waals surface area contributed by atoms with Gasteiger partial charge in [0.2, 0.25) is 5.95 Å². The molecule has 1 unspecified atom stereocenters. The van der Waals surface area contributed by atoms with E-state index in [1.807, 2.05) is 4.68 Å². The monoisotopic (exact) mass is 266 g/mol. The van der Waals surface area contributed by atoms with Crippen LogP contribution < -0.4 is 5.73 Å². The number of anilines is 1. The summed E-state index contributed by atoms with van der Waals surface area (Å²) < 4.78 is 15.0. The van der Waals surface area contributed by atoms with E-state index in [4.69, 9.17) is 17.3 Å². The Morgan fingerprint density at radius 3 is 3.06 bits per heavy atom. The molecule has 4 nitrogen and oxygen atoms in total. The quantitative estimate of drug-likeness (QED) is 0.862. The number of benzene rings is 1. The number of aromatic nitrogens is 3. The summed E-state index contributed by atoms with van der Waals surface area (Å²) in [6.07, 6.45) is 1.68. The fourth-order valence-electron chi connectivity index (χ4n) is 2.38. The first kappa shape index (κ1) is 11.5. The third-order valence-electron chi connectivity index (χ3n) is 3.30. The van der Waals surface area contributed by atoms with Gasteiger partial charge in [-0.05, 0) is 30.0 Å². The highest BCUT2D eigenvalue weighted by atomic mass is 35.5. The highest BCUT2D eigenvalue weighted by Crippen LogP contribution is 2.30. The minimum atomic E-state index is -0.386. The Labute approximate surface area is 109 Å². The van der Waals surface area contributed by atoms with Crippen molar-refractivity contribution in [1.82, 2.24) is 14.8 Å². The van der Waals surface area contributed by atoms with Crippen LogP contribution in [-0.2, 0) is 13.0 Å². The van der Waals surface area contributed by atoms with Crippen molar-refractivity contribution in [2.45, 2.75) is 25.3 Å². The lowest BCUT2D eigenvalue weighted by atomic mass is 9.90. The van der Waals surface area contributed by atoms with Crippen LogP contribution in [0.2, 0.25) is 5.02 Å². The van der Waals surface area contributed by atoms with Crippen molar-refractivity contribution in [3.05, 3.63) is 40.4 Å². The van der Waals surface area contributed by atoms with E-state index in [-0.39, 0.29) is 10.8 Å². The van der Waals surface area contributed by atoms with E-state index in [1.165, 1.54) is 6.07 Å². The summed E-state index contributed by atoms with van der Waals surface area (Å²) in [6, 6.07) is 4.88. The number of nitrogens with two attached hydrogens (primary N) is 1. The summed E-state index contributed by atoms with van der Waals surface area (Å²) >= 11 is 5.81. The van der Waals surface area contributed by atoms with Crippen LogP contribution in [0.1, 0.15) is 23.7 Å². The number of hydrogen-bond donors (Lipinski definition) is 1. The van der Waals surface area contributed by atoms with Crippen LogP contribution in [0.3, 0.4) is 0 Å². The molecule has 0 saturated heterocycles. The van der Waals surface area contributed by atoms with Gasteiger partial charge in [-0.3, -0.25) is 0 Å². The average molecular weight is 267 g/mol. The molecule has 2 aromatic rings. The summed E-state index contributed by atoms with van der Waals surface area (Å²) in [5, 5.41) is 4.27. The van der Waals surface area contributed by atoms with Gasteiger partial charge in [-0.25, -0.2) is 9.07 Å². The van der Waals surface area contributed by atoms with E-state index < -0.39 is 0 Å². The largest absolute Gasteiger partial charge is 0.366 e. The van der Waals surface area contributed by atoms with E-state index in [9.17, 15) is 4.39 Å². The number of hydrogen-bond acceptors (Lipinski definition) is 3. The average Bonchev–Trinajstić information content (AvgIpc) is 2.71. The molecule has 1 aliphatic heterocycles. The molecule has 0 saturated carbocycles. The molecule has 0 radical (unpaired) electrons. The SMILES string of the molecule is Nc1nc2n(n1)CCC(c1ccc(F)c(Cl)c1)C2. The van der Waals surface area contributed by atoms with Crippen molar-refractivity contribution in [1.29, 1.82) is 0 Å². The molecule has 1 aliphatic rings. The maximum atomic E-state index is 13.1. The topological polar surface area (TPSA) is 56.7 Å². The van der Waals surface area contributed by atoms with Crippen LogP contribution in [0.5, 0.6) is 0 Å². The number of fused-ring (bicyclic) bond motifs is 1. The van der Waals surface area contributed by atoms with Crippen LogP contribution >= 0.6 is 11.6 Å². The Bertz CT molecular complexity index is 596. The molecule has 3 rings (SSSR count). The Balaban J connectivity index is 1.89. The summed E-state index contributed by atoms with van der Waals surface area (Å²) in [5.74, 6) is 1.09. The molecule has 6 heteroatoms. The van der Waals surface area contributed by atoms with Crippen molar-refractivity contribution in [2.75, 3.05) is 5.73 Å². The first-order chi connectivity index (χ1) is 8.63. The van der Waals surface area contributed by atoms with Gasteiger partial charge in [-0.1, -0.05) is 17.7 Å². The Hall–Kier alpha value is -1.62. The standard InChI is InChI=1S/C12H12ClFN4/c13-9-5-7(1-2-10(9)14)8-3-4-18-11(6-8)16-12(15)17-18/h1-2,5,8H,3-4,6H2,(H2,15,17). The minimum Gasteiger partial charge on any atom is -0.366 e. The summed E-state index contributed by atoms with van der Waals surface area (Å²) in [6.45, 7) is 0.777. The highest BCUT2D eigenvalue weighted by Gasteiger charge is 2.23. The second kappa shape index (κ2) is 4.24.